The van der Waals surface area contributed by atoms with Crippen molar-refractivity contribution in [3.05, 3.63) is 29.8 Å². The van der Waals surface area contributed by atoms with Crippen molar-refractivity contribution >= 4 is 0 Å². The third kappa shape index (κ3) is 6.10. The summed E-state index contributed by atoms with van der Waals surface area (Å²) >= 11 is 0. The molecule has 1 aromatic carbocycles. The van der Waals surface area contributed by atoms with Crippen LogP contribution >= 0.6 is 0 Å². The van der Waals surface area contributed by atoms with Gasteiger partial charge in [0.1, 0.15) is 5.75 Å². The first-order valence-corrected chi connectivity index (χ1v) is 10.9. The van der Waals surface area contributed by atoms with Gasteiger partial charge in [-0.2, -0.15) is 0 Å². The van der Waals surface area contributed by atoms with Gasteiger partial charge in [-0.3, -0.25) is 0 Å². The van der Waals surface area contributed by atoms with E-state index in [-0.39, 0.29) is 18.5 Å². The fourth-order valence-electron chi connectivity index (χ4n) is 4.93. The summed E-state index contributed by atoms with van der Waals surface area (Å²) in [6, 6.07) is 8.30. The minimum atomic E-state index is -0.679. The Morgan fingerprint density at radius 2 is 1.59 bits per heavy atom. The van der Waals surface area contributed by atoms with Gasteiger partial charge in [-0.1, -0.05) is 31.4 Å². The minimum Gasteiger partial charge on any atom is -1.00 e. The van der Waals surface area contributed by atoms with Crippen LogP contribution in [-0.2, 0) is 5.60 Å². The van der Waals surface area contributed by atoms with E-state index in [9.17, 15) is 5.11 Å². The topological polar surface area (TPSA) is 33.9 Å². The van der Waals surface area contributed by atoms with Crippen molar-refractivity contribution in [1.82, 2.24) is 0 Å². The molecule has 2 N–H and O–H groups in total. The highest BCUT2D eigenvalue weighted by atomic mass is 35.5. The lowest BCUT2D eigenvalue weighted by Gasteiger charge is -2.40. The molecule has 0 spiro atoms. The van der Waals surface area contributed by atoms with Gasteiger partial charge in [0, 0.05) is 6.42 Å². The van der Waals surface area contributed by atoms with E-state index in [2.05, 4.69) is 12.1 Å². The van der Waals surface area contributed by atoms with Crippen LogP contribution in [0.1, 0.15) is 77.2 Å². The Morgan fingerprint density at radius 3 is 2.19 bits per heavy atom. The number of likely N-dealkylation sites (tertiary alicyclic amines) is 1. The molecular weight excluding hydrogens is 358 g/mol. The molecule has 1 unspecified atom stereocenters. The van der Waals surface area contributed by atoms with Crippen LogP contribution in [0.25, 0.3) is 0 Å². The Balaban J connectivity index is 0.00000261. The number of piperidine rings is 1. The van der Waals surface area contributed by atoms with E-state index in [1.165, 1.54) is 51.6 Å². The van der Waals surface area contributed by atoms with Gasteiger partial charge in [-0.15, -0.1) is 0 Å². The first-order valence-electron chi connectivity index (χ1n) is 10.9. The number of aliphatic hydroxyl groups is 1. The van der Waals surface area contributed by atoms with Gasteiger partial charge < -0.3 is 27.2 Å². The van der Waals surface area contributed by atoms with Crippen molar-refractivity contribution in [3.63, 3.8) is 0 Å². The van der Waals surface area contributed by atoms with Crippen LogP contribution in [0.4, 0.5) is 0 Å². The number of hydrogen-bond acceptors (Lipinski definition) is 2. The summed E-state index contributed by atoms with van der Waals surface area (Å²) in [7, 11) is 0. The van der Waals surface area contributed by atoms with Crippen LogP contribution in [0.3, 0.4) is 0 Å². The van der Waals surface area contributed by atoms with Gasteiger partial charge in [0.25, 0.3) is 0 Å². The lowest BCUT2D eigenvalue weighted by atomic mass is 9.71. The average Bonchev–Trinajstić information content (AvgIpc) is 2.68. The van der Waals surface area contributed by atoms with Crippen LogP contribution in [0.15, 0.2) is 24.3 Å². The number of halogens is 1. The molecule has 2 aliphatic rings. The third-order valence-corrected chi connectivity index (χ3v) is 6.43. The van der Waals surface area contributed by atoms with Crippen LogP contribution < -0.4 is 22.0 Å². The summed E-state index contributed by atoms with van der Waals surface area (Å²) in [5.41, 5.74) is 0.415. The Hall–Kier alpha value is -0.770. The number of hydrogen-bond donors (Lipinski definition) is 2. The highest BCUT2D eigenvalue weighted by Crippen LogP contribution is 2.41. The lowest BCUT2D eigenvalue weighted by molar-refractivity contribution is -0.905. The molecule has 154 valence electrons. The first kappa shape index (κ1) is 22.5. The lowest BCUT2D eigenvalue weighted by Crippen LogP contribution is -3.13. The van der Waals surface area contributed by atoms with Crippen LogP contribution in [0.5, 0.6) is 5.75 Å². The quantitative estimate of drug-likeness (QED) is 0.712. The molecule has 0 aromatic heterocycles. The van der Waals surface area contributed by atoms with E-state index in [0.717, 1.165) is 37.1 Å². The zero-order valence-electron chi connectivity index (χ0n) is 17.2. The summed E-state index contributed by atoms with van der Waals surface area (Å²) < 4.78 is 5.80. The summed E-state index contributed by atoms with van der Waals surface area (Å²) in [6.45, 7) is 7.75. The zero-order chi connectivity index (χ0) is 18.4. The minimum absolute atomic E-state index is 0. The molecule has 1 aliphatic carbocycles. The molecule has 0 radical (unpaired) electrons. The fourth-order valence-corrected chi connectivity index (χ4v) is 4.93. The van der Waals surface area contributed by atoms with Gasteiger partial charge in [-0.05, 0) is 69.6 Å². The molecule has 2 fully saturated rings. The van der Waals surface area contributed by atoms with E-state index in [1.54, 1.807) is 4.90 Å². The fraction of sp³-hybridized carbons (Fsp3) is 0.739. The van der Waals surface area contributed by atoms with Crippen LogP contribution in [0.2, 0.25) is 0 Å². The van der Waals surface area contributed by atoms with Crippen LogP contribution in [0, 0.1) is 5.92 Å². The SMILES string of the molecule is CC(C)Oc1ccc(C(O)(CC[NH+]2CCCCC2)C2CCCCC2)cc1.[Cl-]. The second kappa shape index (κ2) is 10.7. The van der Waals surface area contributed by atoms with Crippen molar-refractivity contribution in [3.8, 4) is 5.75 Å². The maximum absolute atomic E-state index is 11.9. The molecule has 1 heterocycles. The molecule has 3 nitrogen and oxygen atoms in total. The van der Waals surface area contributed by atoms with Gasteiger partial charge in [0.2, 0.25) is 0 Å². The van der Waals surface area contributed by atoms with Crippen molar-refractivity contribution in [2.45, 2.75) is 83.3 Å². The molecular formula is C23H38ClNO2. The summed E-state index contributed by atoms with van der Waals surface area (Å²) in [5.74, 6) is 1.30. The second-order valence-corrected chi connectivity index (χ2v) is 8.76. The molecule has 1 saturated heterocycles. The Kier molecular flexibility index (Phi) is 8.91. The van der Waals surface area contributed by atoms with Gasteiger partial charge in [-0.25, -0.2) is 0 Å². The zero-order valence-corrected chi connectivity index (χ0v) is 17.9. The number of benzene rings is 1. The molecule has 0 amide bonds. The van der Waals surface area contributed by atoms with Gasteiger partial charge in [0.15, 0.2) is 0 Å². The Labute approximate surface area is 171 Å². The summed E-state index contributed by atoms with van der Waals surface area (Å²) in [4.78, 5) is 1.69. The third-order valence-electron chi connectivity index (χ3n) is 6.43. The maximum atomic E-state index is 11.9. The Bertz CT molecular complexity index is 536. The predicted molar refractivity (Wildman–Crippen MR) is 107 cm³/mol. The smallest absolute Gasteiger partial charge is 0.119 e. The number of nitrogens with one attached hydrogen (secondary N) is 1. The van der Waals surface area contributed by atoms with Gasteiger partial charge >= 0.3 is 0 Å². The highest BCUT2D eigenvalue weighted by Gasteiger charge is 2.39. The molecule has 0 bridgehead atoms. The second-order valence-electron chi connectivity index (χ2n) is 8.76. The van der Waals surface area contributed by atoms with E-state index in [1.807, 2.05) is 26.0 Å². The average molecular weight is 396 g/mol. The molecule has 1 aromatic rings. The summed E-state index contributed by atoms with van der Waals surface area (Å²) in [6.07, 6.45) is 11.3. The van der Waals surface area contributed by atoms with Crippen LogP contribution in [-0.4, -0.2) is 30.8 Å². The number of quaternary nitrogens is 1. The summed E-state index contributed by atoms with van der Waals surface area (Å²) in [5, 5.41) is 11.9. The van der Waals surface area contributed by atoms with Crippen molar-refractivity contribution in [1.29, 1.82) is 0 Å². The van der Waals surface area contributed by atoms with E-state index in [0.29, 0.717) is 5.92 Å². The highest BCUT2D eigenvalue weighted by molar-refractivity contribution is 5.31. The number of rotatable bonds is 7. The molecule has 1 atom stereocenters. The largest absolute Gasteiger partial charge is 1.00 e. The van der Waals surface area contributed by atoms with E-state index < -0.39 is 5.60 Å². The number of ether oxygens (including phenoxy) is 1. The normalized spacial score (nSPS) is 21.5. The van der Waals surface area contributed by atoms with Gasteiger partial charge in [0.05, 0.1) is 31.3 Å². The van der Waals surface area contributed by atoms with E-state index >= 15 is 0 Å². The molecule has 1 aliphatic heterocycles. The van der Waals surface area contributed by atoms with Crippen molar-refractivity contribution in [2.75, 3.05) is 19.6 Å². The standard InChI is InChI=1S/C23H37NO2.ClH/c1-19(2)26-22-13-11-21(12-14-22)23(25,20-9-5-3-6-10-20)15-18-24-16-7-4-8-17-24;/h11-14,19-20,25H,3-10,15-18H2,1-2H3;1H. The molecule has 4 heteroatoms. The predicted octanol–water partition coefficient (Wildman–Crippen LogP) is 0.705. The monoisotopic (exact) mass is 395 g/mol. The van der Waals surface area contributed by atoms with E-state index in [4.69, 9.17) is 4.74 Å². The first-order chi connectivity index (χ1) is 12.6. The Morgan fingerprint density at radius 1 is 1.00 bits per heavy atom. The molecule has 3 rings (SSSR count). The van der Waals surface area contributed by atoms with Crippen molar-refractivity contribution in [2.24, 2.45) is 5.92 Å². The molecule has 27 heavy (non-hydrogen) atoms. The van der Waals surface area contributed by atoms with Crippen molar-refractivity contribution < 1.29 is 27.2 Å². The molecule has 1 saturated carbocycles. The maximum Gasteiger partial charge on any atom is 0.119 e.